The second-order valence-electron chi connectivity index (χ2n) is 6.67. The number of likely N-dealkylation sites (N-methyl/N-ethyl adjacent to an activating group) is 1. The first-order chi connectivity index (χ1) is 14.5. The van der Waals surface area contributed by atoms with E-state index in [2.05, 4.69) is 5.32 Å². The van der Waals surface area contributed by atoms with E-state index in [1.165, 1.54) is 32.2 Å². The van der Waals surface area contributed by atoms with E-state index in [1.807, 2.05) is 0 Å². The minimum absolute atomic E-state index is 0.0660. The maximum absolute atomic E-state index is 12.9. The molecule has 6 nitrogen and oxygen atoms in total. The molecule has 0 radical (unpaired) electrons. The Labute approximate surface area is 182 Å². The van der Waals surface area contributed by atoms with Gasteiger partial charge in [0, 0.05) is 19.2 Å². The molecule has 0 aliphatic heterocycles. The van der Waals surface area contributed by atoms with Crippen molar-refractivity contribution in [3.63, 3.8) is 0 Å². The second kappa shape index (κ2) is 10.4. The summed E-state index contributed by atoms with van der Waals surface area (Å²) in [5, 5.41) is 1.88. The minimum atomic E-state index is -4.65. The quantitative estimate of drug-likeness (QED) is 0.636. The summed E-state index contributed by atoms with van der Waals surface area (Å²) < 4.78 is 49.3. The number of methoxy groups -OCH3 is 2. The number of hydrogen-bond acceptors (Lipinski definition) is 4. The van der Waals surface area contributed by atoms with E-state index in [0.29, 0.717) is 17.9 Å². The lowest BCUT2D eigenvalue weighted by atomic mass is 10.1. The highest BCUT2D eigenvalue weighted by molar-refractivity contribution is 6.31. The summed E-state index contributed by atoms with van der Waals surface area (Å²) in [5.41, 5.74) is -0.346. The van der Waals surface area contributed by atoms with E-state index in [0.717, 1.165) is 17.7 Å². The molecule has 0 aliphatic rings. The first-order valence-corrected chi connectivity index (χ1v) is 9.54. The van der Waals surface area contributed by atoms with E-state index in [4.69, 9.17) is 21.1 Å². The third-order valence-electron chi connectivity index (χ3n) is 4.46. The summed E-state index contributed by atoms with van der Waals surface area (Å²) in [5.74, 6) is 0.284. The molecule has 168 valence electrons. The van der Waals surface area contributed by atoms with Crippen LogP contribution in [0.25, 0.3) is 0 Å². The molecule has 0 saturated heterocycles. The normalized spacial score (nSPS) is 11.1. The van der Waals surface area contributed by atoms with Crippen LogP contribution in [0, 0.1) is 0 Å². The molecule has 2 aromatic carbocycles. The molecule has 0 fully saturated rings. The summed E-state index contributed by atoms with van der Waals surface area (Å²) in [7, 11) is 4.49. The van der Waals surface area contributed by atoms with Crippen LogP contribution in [0.15, 0.2) is 36.4 Å². The molecular weight excluding hydrogens is 437 g/mol. The smallest absolute Gasteiger partial charge is 0.417 e. The van der Waals surface area contributed by atoms with Crippen LogP contribution in [0.4, 0.5) is 18.9 Å². The zero-order chi connectivity index (χ0) is 23.2. The van der Waals surface area contributed by atoms with Gasteiger partial charge in [-0.25, -0.2) is 0 Å². The Morgan fingerprint density at radius 3 is 2.42 bits per heavy atom. The van der Waals surface area contributed by atoms with Crippen molar-refractivity contribution in [1.29, 1.82) is 0 Å². The maximum Gasteiger partial charge on any atom is 0.417 e. The number of nitrogens with one attached hydrogen (secondary N) is 1. The summed E-state index contributed by atoms with van der Waals surface area (Å²) >= 11 is 5.57. The fraction of sp³-hybridized carbons (Fsp3) is 0.333. The van der Waals surface area contributed by atoms with Gasteiger partial charge >= 0.3 is 6.18 Å². The fourth-order valence-corrected chi connectivity index (χ4v) is 3.06. The Balaban J connectivity index is 1.95. The Hall–Kier alpha value is -2.94. The standard InChI is InChI=1S/C21H22ClF3N2O4/c1-27(20(29)9-4-13-10-15(30-2)6-8-18(13)31-3)12-19(28)26-14-5-7-17(22)16(11-14)21(23,24)25/h5-8,10-11H,4,9,12H2,1-3H3,(H,26,28). The number of halogens is 4. The lowest BCUT2D eigenvalue weighted by Crippen LogP contribution is -2.35. The van der Waals surface area contributed by atoms with E-state index < -0.39 is 22.7 Å². The molecule has 0 heterocycles. The van der Waals surface area contributed by atoms with Crippen molar-refractivity contribution in [1.82, 2.24) is 4.90 Å². The summed E-state index contributed by atoms with van der Waals surface area (Å²) in [6.07, 6.45) is -4.18. The number of carbonyl (C=O) groups excluding carboxylic acids is 2. The van der Waals surface area contributed by atoms with Gasteiger partial charge < -0.3 is 19.7 Å². The highest BCUT2D eigenvalue weighted by Gasteiger charge is 2.33. The number of rotatable bonds is 8. The molecule has 2 aromatic rings. The summed E-state index contributed by atoms with van der Waals surface area (Å²) in [4.78, 5) is 25.8. The van der Waals surface area contributed by atoms with Gasteiger partial charge in [-0.2, -0.15) is 13.2 Å². The summed E-state index contributed by atoms with van der Waals surface area (Å²) in [6.45, 7) is -0.321. The molecule has 10 heteroatoms. The Morgan fingerprint density at radius 2 is 1.81 bits per heavy atom. The SMILES string of the molecule is COc1ccc(OC)c(CCC(=O)N(C)CC(=O)Nc2ccc(Cl)c(C(F)(F)F)c2)c1. The summed E-state index contributed by atoms with van der Waals surface area (Å²) in [6, 6.07) is 8.29. The average Bonchev–Trinajstić information content (AvgIpc) is 2.72. The van der Waals surface area contributed by atoms with Gasteiger partial charge in [0.15, 0.2) is 0 Å². The van der Waals surface area contributed by atoms with Gasteiger partial charge in [-0.05, 0) is 48.4 Å². The van der Waals surface area contributed by atoms with E-state index in [-0.39, 0.29) is 24.6 Å². The van der Waals surface area contributed by atoms with Crippen LogP contribution in [0.3, 0.4) is 0 Å². The molecule has 0 spiro atoms. The van der Waals surface area contributed by atoms with Crippen molar-refractivity contribution in [3.8, 4) is 11.5 Å². The van der Waals surface area contributed by atoms with Crippen LogP contribution in [0.1, 0.15) is 17.5 Å². The van der Waals surface area contributed by atoms with Gasteiger partial charge in [0.05, 0.1) is 31.4 Å². The molecule has 0 aromatic heterocycles. The molecule has 31 heavy (non-hydrogen) atoms. The van der Waals surface area contributed by atoms with Crippen molar-refractivity contribution >= 4 is 29.1 Å². The third-order valence-corrected chi connectivity index (χ3v) is 4.79. The predicted octanol–water partition coefficient (Wildman–Crippen LogP) is 4.41. The molecule has 0 bridgehead atoms. The highest BCUT2D eigenvalue weighted by Crippen LogP contribution is 2.36. The number of aryl methyl sites for hydroxylation is 1. The fourth-order valence-electron chi connectivity index (χ4n) is 2.83. The molecule has 1 N–H and O–H groups in total. The molecular formula is C21H22ClF3N2O4. The molecule has 2 amide bonds. The zero-order valence-electron chi connectivity index (χ0n) is 17.2. The Bertz CT molecular complexity index is 951. The average molecular weight is 459 g/mol. The van der Waals surface area contributed by atoms with Crippen LogP contribution < -0.4 is 14.8 Å². The molecule has 2 rings (SSSR count). The number of nitrogens with zero attached hydrogens (tertiary/aromatic N) is 1. The minimum Gasteiger partial charge on any atom is -0.497 e. The lowest BCUT2D eigenvalue weighted by Gasteiger charge is -2.18. The number of anilines is 1. The number of amides is 2. The van der Waals surface area contributed by atoms with E-state index in [1.54, 1.807) is 18.2 Å². The molecule has 0 saturated carbocycles. The molecule has 0 aliphatic carbocycles. The van der Waals surface area contributed by atoms with Crippen LogP contribution in [0.5, 0.6) is 11.5 Å². The van der Waals surface area contributed by atoms with Crippen LogP contribution in [-0.2, 0) is 22.2 Å². The number of ether oxygens (including phenoxy) is 2. The monoisotopic (exact) mass is 458 g/mol. The Kier molecular flexibility index (Phi) is 8.15. The second-order valence-corrected chi connectivity index (χ2v) is 7.08. The van der Waals surface area contributed by atoms with Crippen molar-refractivity contribution in [3.05, 3.63) is 52.5 Å². The van der Waals surface area contributed by atoms with Crippen LogP contribution >= 0.6 is 11.6 Å². The lowest BCUT2D eigenvalue weighted by molar-refractivity contribution is -0.137. The van der Waals surface area contributed by atoms with Crippen molar-refractivity contribution < 1.29 is 32.2 Å². The highest BCUT2D eigenvalue weighted by atomic mass is 35.5. The van der Waals surface area contributed by atoms with Gasteiger partial charge in [-0.3, -0.25) is 9.59 Å². The molecule has 0 atom stereocenters. The maximum atomic E-state index is 12.9. The van der Waals surface area contributed by atoms with Crippen molar-refractivity contribution in [2.75, 3.05) is 33.1 Å². The van der Waals surface area contributed by atoms with Gasteiger partial charge in [-0.1, -0.05) is 11.6 Å². The first kappa shape index (κ1) is 24.3. The number of hydrogen-bond donors (Lipinski definition) is 1. The predicted molar refractivity (Wildman–Crippen MR) is 111 cm³/mol. The topological polar surface area (TPSA) is 67.9 Å². The van der Waals surface area contributed by atoms with Gasteiger partial charge in [-0.15, -0.1) is 0 Å². The third kappa shape index (κ3) is 6.78. The van der Waals surface area contributed by atoms with Gasteiger partial charge in [0.25, 0.3) is 0 Å². The van der Waals surface area contributed by atoms with Crippen molar-refractivity contribution in [2.45, 2.75) is 19.0 Å². The van der Waals surface area contributed by atoms with E-state index >= 15 is 0 Å². The van der Waals surface area contributed by atoms with Gasteiger partial charge in [0.1, 0.15) is 11.5 Å². The number of benzene rings is 2. The van der Waals surface area contributed by atoms with E-state index in [9.17, 15) is 22.8 Å². The first-order valence-electron chi connectivity index (χ1n) is 9.16. The van der Waals surface area contributed by atoms with Crippen molar-refractivity contribution in [2.24, 2.45) is 0 Å². The molecule has 0 unspecified atom stereocenters. The zero-order valence-corrected chi connectivity index (χ0v) is 17.9. The number of carbonyl (C=O) groups is 2. The van der Waals surface area contributed by atoms with Gasteiger partial charge in [0.2, 0.25) is 11.8 Å². The largest absolute Gasteiger partial charge is 0.497 e. The number of alkyl halides is 3. The van der Waals surface area contributed by atoms with Crippen LogP contribution in [0.2, 0.25) is 5.02 Å². The van der Waals surface area contributed by atoms with Crippen LogP contribution in [-0.4, -0.2) is 44.5 Å². The Morgan fingerprint density at radius 1 is 1.10 bits per heavy atom.